The number of hydrogen-bond acceptors (Lipinski definition) is 2. The highest BCUT2D eigenvalue weighted by Gasteiger charge is 2.10. The lowest BCUT2D eigenvalue weighted by molar-refractivity contribution is 0.783. The van der Waals surface area contributed by atoms with Gasteiger partial charge >= 0.3 is 0 Å². The molecular formula is C15H18N2O. The Morgan fingerprint density at radius 3 is 2.50 bits per heavy atom. The maximum atomic E-state index is 12.1. The quantitative estimate of drug-likeness (QED) is 0.891. The zero-order valence-electron chi connectivity index (χ0n) is 10.8. The number of aromatic nitrogens is 1. The van der Waals surface area contributed by atoms with Gasteiger partial charge in [-0.15, -0.1) is 0 Å². The van der Waals surface area contributed by atoms with Crippen LogP contribution in [0.2, 0.25) is 0 Å². The van der Waals surface area contributed by atoms with Crippen molar-refractivity contribution < 1.29 is 0 Å². The Hall–Kier alpha value is -1.87. The monoisotopic (exact) mass is 242 g/mol. The van der Waals surface area contributed by atoms with E-state index in [1.165, 1.54) is 5.56 Å². The second-order valence-corrected chi connectivity index (χ2v) is 4.52. The van der Waals surface area contributed by atoms with Crippen LogP contribution in [-0.2, 0) is 20.0 Å². The fourth-order valence-electron chi connectivity index (χ4n) is 2.13. The number of aryl methyl sites for hydroxylation is 1. The van der Waals surface area contributed by atoms with E-state index in [0.717, 1.165) is 17.7 Å². The Balaban J connectivity index is 2.48. The minimum Gasteiger partial charge on any atom is -0.326 e. The zero-order chi connectivity index (χ0) is 13.1. The van der Waals surface area contributed by atoms with Crippen molar-refractivity contribution in [3.63, 3.8) is 0 Å². The van der Waals surface area contributed by atoms with Crippen molar-refractivity contribution in [1.82, 2.24) is 4.57 Å². The second-order valence-electron chi connectivity index (χ2n) is 4.52. The summed E-state index contributed by atoms with van der Waals surface area (Å²) in [4.78, 5) is 12.1. The van der Waals surface area contributed by atoms with Crippen LogP contribution in [0.4, 0.5) is 0 Å². The molecule has 94 valence electrons. The molecule has 0 spiro atoms. The summed E-state index contributed by atoms with van der Waals surface area (Å²) < 4.78 is 1.65. The first-order valence-electron chi connectivity index (χ1n) is 6.06. The third-order valence-corrected chi connectivity index (χ3v) is 3.30. The Morgan fingerprint density at radius 2 is 1.89 bits per heavy atom. The van der Waals surface area contributed by atoms with Crippen molar-refractivity contribution in [3.8, 4) is 0 Å². The average molecular weight is 242 g/mol. The topological polar surface area (TPSA) is 48.0 Å². The van der Waals surface area contributed by atoms with Crippen LogP contribution in [0.15, 0.2) is 41.2 Å². The number of nitrogens with two attached hydrogens (primary N) is 1. The van der Waals surface area contributed by atoms with Gasteiger partial charge in [0, 0.05) is 24.8 Å². The van der Waals surface area contributed by atoms with E-state index in [1.807, 2.05) is 25.1 Å². The second kappa shape index (κ2) is 5.19. The van der Waals surface area contributed by atoms with Crippen molar-refractivity contribution >= 4 is 0 Å². The lowest BCUT2D eigenvalue weighted by Gasteiger charge is -2.12. The summed E-state index contributed by atoms with van der Waals surface area (Å²) in [6.45, 7) is 2.23. The van der Waals surface area contributed by atoms with Crippen molar-refractivity contribution in [2.45, 2.75) is 19.9 Å². The molecule has 0 bridgehead atoms. The molecule has 0 radical (unpaired) electrons. The van der Waals surface area contributed by atoms with Crippen molar-refractivity contribution in [2.75, 3.05) is 0 Å². The van der Waals surface area contributed by atoms with E-state index >= 15 is 0 Å². The molecule has 3 heteroatoms. The summed E-state index contributed by atoms with van der Waals surface area (Å²) in [5.74, 6) is 0. The molecule has 0 aliphatic carbocycles. The fraction of sp³-hybridized carbons (Fsp3) is 0.267. The Morgan fingerprint density at radius 1 is 1.22 bits per heavy atom. The van der Waals surface area contributed by atoms with Crippen LogP contribution in [0.5, 0.6) is 0 Å². The summed E-state index contributed by atoms with van der Waals surface area (Å²) in [5, 5.41) is 0. The number of nitrogens with zero attached hydrogens (tertiary/aromatic N) is 1. The molecule has 0 amide bonds. The predicted octanol–water partition coefficient (Wildman–Crippen LogP) is 1.74. The predicted molar refractivity (Wildman–Crippen MR) is 73.6 cm³/mol. The standard InChI is InChI=1S/C15H18N2O/c1-11-8-13(9-12-6-4-3-5-7-12)14(10-16)15(18)17(11)2/h3-8H,9-10,16H2,1-2H3. The highest BCUT2D eigenvalue weighted by molar-refractivity contribution is 5.33. The molecule has 0 unspecified atom stereocenters. The molecule has 1 aromatic carbocycles. The zero-order valence-corrected chi connectivity index (χ0v) is 10.8. The van der Waals surface area contributed by atoms with Gasteiger partial charge in [0.25, 0.3) is 5.56 Å². The third kappa shape index (κ3) is 2.36. The molecule has 2 aromatic rings. The summed E-state index contributed by atoms with van der Waals surface area (Å²) in [7, 11) is 1.78. The summed E-state index contributed by atoms with van der Waals surface area (Å²) in [5.41, 5.74) is 9.63. The average Bonchev–Trinajstić information content (AvgIpc) is 2.38. The Bertz CT molecular complexity index is 600. The molecule has 3 nitrogen and oxygen atoms in total. The minimum absolute atomic E-state index is 0.0171. The number of rotatable bonds is 3. The van der Waals surface area contributed by atoms with Gasteiger partial charge < -0.3 is 10.3 Å². The Labute approximate surface area is 107 Å². The molecule has 0 fully saturated rings. The van der Waals surface area contributed by atoms with Crippen LogP contribution >= 0.6 is 0 Å². The van der Waals surface area contributed by atoms with Crippen LogP contribution in [0.1, 0.15) is 22.4 Å². The SMILES string of the molecule is Cc1cc(Cc2ccccc2)c(CN)c(=O)n1C. The maximum Gasteiger partial charge on any atom is 0.255 e. The van der Waals surface area contributed by atoms with Gasteiger partial charge in [-0.3, -0.25) is 4.79 Å². The van der Waals surface area contributed by atoms with Crippen LogP contribution in [0, 0.1) is 6.92 Å². The van der Waals surface area contributed by atoms with Crippen molar-refractivity contribution in [2.24, 2.45) is 12.8 Å². The van der Waals surface area contributed by atoms with Gasteiger partial charge in [0.1, 0.15) is 0 Å². The number of hydrogen-bond donors (Lipinski definition) is 1. The molecule has 1 heterocycles. The Kier molecular flexibility index (Phi) is 3.63. The van der Waals surface area contributed by atoms with Gasteiger partial charge in [-0.1, -0.05) is 30.3 Å². The van der Waals surface area contributed by atoms with Gasteiger partial charge in [-0.25, -0.2) is 0 Å². The molecule has 0 atom stereocenters. The van der Waals surface area contributed by atoms with Gasteiger partial charge in [0.15, 0.2) is 0 Å². The number of pyridine rings is 1. The lowest BCUT2D eigenvalue weighted by Crippen LogP contribution is -2.26. The van der Waals surface area contributed by atoms with E-state index in [9.17, 15) is 4.79 Å². The highest BCUT2D eigenvalue weighted by atomic mass is 16.1. The normalized spacial score (nSPS) is 10.6. The largest absolute Gasteiger partial charge is 0.326 e. The van der Waals surface area contributed by atoms with E-state index in [4.69, 9.17) is 5.73 Å². The first-order chi connectivity index (χ1) is 8.63. The van der Waals surface area contributed by atoms with E-state index in [-0.39, 0.29) is 12.1 Å². The van der Waals surface area contributed by atoms with E-state index in [1.54, 1.807) is 11.6 Å². The molecule has 0 aliphatic heterocycles. The maximum absolute atomic E-state index is 12.1. The van der Waals surface area contributed by atoms with Gasteiger partial charge in [0.2, 0.25) is 0 Å². The molecular weight excluding hydrogens is 224 g/mol. The minimum atomic E-state index is 0.0171. The van der Waals surface area contributed by atoms with Gasteiger partial charge in [-0.05, 0) is 30.5 Å². The van der Waals surface area contributed by atoms with Crippen LogP contribution < -0.4 is 11.3 Å². The van der Waals surface area contributed by atoms with E-state index < -0.39 is 0 Å². The highest BCUT2D eigenvalue weighted by Crippen LogP contribution is 2.13. The summed E-state index contributed by atoms with van der Waals surface area (Å²) >= 11 is 0. The van der Waals surface area contributed by atoms with E-state index in [0.29, 0.717) is 5.56 Å². The lowest BCUT2D eigenvalue weighted by atomic mass is 10.0. The van der Waals surface area contributed by atoms with E-state index in [2.05, 4.69) is 18.2 Å². The van der Waals surface area contributed by atoms with Crippen LogP contribution in [0.25, 0.3) is 0 Å². The summed E-state index contributed by atoms with van der Waals surface area (Å²) in [6, 6.07) is 12.2. The molecule has 1 aromatic heterocycles. The molecule has 2 N–H and O–H groups in total. The molecule has 0 saturated carbocycles. The summed E-state index contributed by atoms with van der Waals surface area (Å²) in [6.07, 6.45) is 0.754. The molecule has 0 saturated heterocycles. The number of benzene rings is 1. The van der Waals surface area contributed by atoms with Crippen molar-refractivity contribution in [3.05, 3.63) is 69.1 Å². The molecule has 18 heavy (non-hydrogen) atoms. The third-order valence-electron chi connectivity index (χ3n) is 3.30. The van der Waals surface area contributed by atoms with Crippen molar-refractivity contribution in [1.29, 1.82) is 0 Å². The van der Waals surface area contributed by atoms with Gasteiger partial charge in [-0.2, -0.15) is 0 Å². The molecule has 2 rings (SSSR count). The first-order valence-corrected chi connectivity index (χ1v) is 6.06. The molecule has 0 aliphatic rings. The van der Waals surface area contributed by atoms with Crippen LogP contribution in [0.3, 0.4) is 0 Å². The first kappa shape index (κ1) is 12.6. The fourth-order valence-corrected chi connectivity index (χ4v) is 2.13. The van der Waals surface area contributed by atoms with Gasteiger partial charge in [0.05, 0.1) is 0 Å². The smallest absolute Gasteiger partial charge is 0.255 e. The van der Waals surface area contributed by atoms with Crippen LogP contribution in [-0.4, -0.2) is 4.57 Å².